The van der Waals surface area contributed by atoms with Crippen molar-refractivity contribution in [3.05, 3.63) is 106 Å². The smallest absolute Gasteiger partial charge is 0.252 e. The molecule has 3 aromatic carbocycles. The molecule has 0 saturated heterocycles. The standard InChI is InChI=1S/C29H33ClO/c1-20(2)17-22-5-11-25(12-6-22)28(19-24-9-15-27(16-10-24)29(30)31)26-13-7-23(8-14-26)18-21(3)4/h5-16,20-21,28H,17-19H2,1-4H3. The van der Waals surface area contributed by atoms with Gasteiger partial charge in [0.15, 0.2) is 0 Å². The second-order valence-electron chi connectivity index (χ2n) is 9.41. The largest absolute Gasteiger partial charge is 0.276 e. The summed E-state index contributed by atoms with van der Waals surface area (Å²) in [4.78, 5) is 11.4. The van der Waals surface area contributed by atoms with Gasteiger partial charge in [0.2, 0.25) is 0 Å². The second-order valence-corrected chi connectivity index (χ2v) is 9.75. The van der Waals surface area contributed by atoms with Gasteiger partial charge in [-0.3, -0.25) is 4.79 Å². The molecule has 0 spiro atoms. The van der Waals surface area contributed by atoms with Crippen LogP contribution >= 0.6 is 11.6 Å². The van der Waals surface area contributed by atoms with E-state index in [-0.39, 0.29) is 5.92 Å². The lowest BCUT2D eigenvalue weighted by atomic mass is 9.84. The fourth-order valence-corrected chi connectivity index (χ4v) is 4.28. The van der Waals surface area contributed by atoms with E-state index in [0.29, 0.717) is 17.4 Å². The van der Waals surface area contributed by atoms with Crippen molar-refractivity contribution in [2.45, 2.75) is 52.9 Å². The lowest BCUT2D eigenvalue weighted by Gasteiger charge is -2.20. The number of carbonyl (C=O) groups excluding carboxylic acids is 1. The molecule has 0 aliphatic heterocycles. The molecule has 0 aliphatic rings. The molecule has 0 aromatic heterocycles. The SMILES string of the molecule is CC(C)Cc1ccc(C(Cc2ccc(C(=O)Cl)cc2)c2ccc(CC(C)C)cc2)cc1. The van der Waals surface area contributed by atoms with E-state index in [1.165, 1.54) is 27.8 Å². The van der Waals surface area contributed by atoms with Crippen LogP contribution in [0.5, 0.6) is 0 Å². The van der Waals surface area contributed by atoms with Gasteiger partial charge in [-0.1, -0.05) is 88.4 Å². The zero-order valence-corrected chi connectivity index (χ0v) is 19.8. The van der Waals surface area contributed by atoms with Crippen LogP contribution in [0.3, 0.4) is 0 Å². The predicted molar refractivity (Wildman–Crippen MR) is 132 cm³/mol. The van der Waals surface area contributed by atoms with Crippen LogP contribution < -0.4 is 0 Å². The zero-order valence-electron chi connectivity index (χ0n) is 19.1. The molecule has 0 fully saturated rings. The highest BCUT2D eigenvalue weighted by atomic mass is 35.5. The minimum Gasteiger partial charge on any atom is -0.276 e. The highest BCUT2D eigenvalue weighted by Crippen LogP contribution is 2.30. The van der Waals surface area contributed by atoms with Crippen LogP contribution in [-0.2, 0) is 19.3 Å². The van der Waals surface area contributed by atoms with Crippen LogP contribution in [0.4, 0.5) is 0 Å². The molecule has 2 heteroatoms. The zero-order chi connectivity index (χ0) is 22.4. The van der Waals surface area contributed by atoms with Crippen LogP contribution in [0.25, 0.3) is 0 Å². The molecule has 0 aliphatic carbocycles. The maximum Gasteiger partial charge on any atom is 0.252 e. The molecular weight excluding hydrogens is 400 g/mol. The number of rotatable bonds is 9. The Balaban J connectivity index is 1.90. The fourth-order valence-electron chi connectivity index (χ4n) is 4.15. The molecule has 0 atom stereocenters. The number of benzene rings is 3. The van der Waals surface area contributed by atoms with Crippen molar-refractivity contribution in [3.63, 3.8) is 0 Å². The van der Waals surface area contributed by atoms with E-state index in [9.17, 15) is 4.79 Å². The van der Waals surface area contributed by atoms with Crippen molar-refractivity contribution in [1.82, 2.24) is 0 Å². The van der Waals surface area contributed by atoms with Gasteiger partial charge < -0.3 is 0 Å². The Morgan fingerprint density at radius 3 is 1.32 bits per heavy atom. The quantitative estimate of drug-likeness (QED) is 0.315. The fraction of sp³-hybridized carbons (Fsp3) is 0.345. The summed E-state index contributed by atoms with van der Waals surface area (Å²) in [6.07, 6.45) is 3.08. The Kier molecular flexibility index (Phi) is 8.09. The molecule has 3 rings (SSSR count). The van der Waals surface area contributed by atoms with Gasteiger partial charge in [-0.2, -0.15) is 0 Å². The minimum atomic E-state index is -0.412. The Morgan fingerprint density at radius 1 is 0.613 bits per heavy atom. The molecule has 31 heavy (non-hydrogen) atoms. The van der Waals surface area contributed by atoms with Gasteiger partial charge in [-0.05, 0) is 82.6 Å². The minimum absolute atomic E-state index is 0.263. The molecule has 0 heterocycles. The molecule has 0 amide bonds. The van der Waals surface area contributed by atoms with Crippen LogP contribution in [-0.4, -0.2) is 5.24 Å². The summed E-state index contributed by atoms with van der Waals surface area (Å²) in [5, 5.41) is -0.412. The summed E-state index contributed by atoms with van der Waals surface area (Å²) in [6.45, 7) is 9.02. The summed E-state index contributed by atoms with van der Waals surface area (Å²) in [5.41, 5.74) is 7.15. The van der Waals surface area contributed by atoms with E-state index in [4.69, 9.17) is 11.6 Å². The summed E-state index contributed by atoms with van der Waals surface area (Å²) in [7, 11) is 0. The topological polar surface area (TPSA) is 17.1 Å². The average Bonchev–Trinajstić information content (AvgIpc) is 2.73. The molecular formula is C29H33ClO. The Hall–Kier alpha value is -2.38. The van der Waals surface area contributed by atoms with E-state index < -0.39 is 5.24 Å². The second kappa shape index (κ2) is 10.8. The molecule has 1 nitrogen and oxygen atoms in total. The number of carbonyl (C=O) groups is 1. The van der Waals surface area contributed by atoms with Gasteiger partial charge in [-0.15, -0.1) is 0 Å². The molecule has 0 bridgehead atoms. The number of hydrogen-bond acceptors (Lipinski definition) is 1. The molecule has 0 saturated carbocycles. The summed E-state index contributed by atoms with van der Waals surface area (Å²) in [5.74, 6) is 1.57. The summed E-state index contributed by atoms with van der Waals surface area (Å²) >= 11 is 5.62. The number of halogens is 1. The van der Waals surface area contributed by atoms with Crippen LogP contribution in [0.1, 0.15) is 71.8 Å². The third-order valence-corrected chi connectivity index (χ3v) is 5.89. The highest BCUT2D eigenvalue weighted by Gasteiger charge is 2.16. The van der Waals surface area contributed by atoms with E-state index in [1.807, 2.05) is 24.3 Å². The first-order chi connectivity index (χ1) is 14.8. The van der Waals surface area contributed by atoms with E-state index >= 15 is 0 Å². The van der Waals surface area contributed by atoms with Gasteiger partial charge in [0, 0.05) is 11.5 Å². The van der Waals surface area contributed by atoms with E-state index in [0.717, 1.165) is 19.3 Å². The Morgan fingerprint density at radius 2 is 0.968 bits per heavy atom. The number of hydrogen-bond donors (Lipinski definition) is 0. The predicted octanol–water partition coefficient (Wildman–Crippen LogP) is 7.84. The molecule has 162 valence electrons. The normalized spacial score (nSPS) is 11.5. The van der Waals surface area contributed by atoms with Crippen LogP contribution in [0.15, 0.2) is 72.8 Å². The van der Waals surface area contributed by atoms with Crippen molar-refractivity contribution in [2.24, 2.45) is 11.8 Å². The molecule has 0 N–H and O–H groups in total. The third-order valence-electron chi connectivity index (χ3n) is 5.67. The maximum absolute atomic E-state index is 11.4. The highest BCUT2D eigenvalue weighted by molar-refractivity contribution is 6.67. The Bertz CT molecular complexity index is 913. The van der Waals surface area contributed by atoms with Gasteiger partial charge in [0.05, 0.1) is 0 Å². The van der Waals surface area contributed by atoms with Crippen molar-refractivity contribution in [3.8, 4) is 0 Å². The van der Waals surface area contributed by atoms with Crippen molar-refractivity contribution in [1.29, 1.82) is 0 Å². The lowest BCUT2D eigenvalue weighted by Crippen LogP contribution is -2.06. The first kappa shape index (κ1) is 23.3. The van der Waals surface area contributed by atoms with Gasteiger partial charge >= 0.3 is 0 Å². The van der Waals surface area contributed by atoms with Gasteiger partial charge in [0.1, 0.15) is 0 Å². The monoisotopic (exact) mass is 432 g/mol. The average molecular weight is 433 g/mol. The van der Waals surface area contributed by atoms with E-state index in [1.54, 1.807) is 0 Å². The third kappa shape index (κ3) is 6.80. The van der Waals surface area contributed by atoms with Crippen LogP contribution in [0, 0.1) is 11.8 Å². The first-order valence-corrected chi connectivity index (χ1v) is 11.7. The van der Waals surface area contributed by atoms with Gasteiger partial charge in [-0.25, -0.2) is 0 Å². The van der Waals surface area contributed by atoms with E-state index in [2.05, 4.69) is 76.2 Å². The maximum atomic E-state index is 11.4. The van der Waals surface area contributed by atoms with Crippen molar-refractivity contribution >= 4 is 16.8 Å². The first-order valence-electron chi connectivity index (χ1n) is 11.3. The van der Waals surface area contributed by atoms with Crippen LogP contribution in [0.2, 0.25) is 0 Å². The molecule has 0 radical (unpaired) electrons. The summed E-state index contributed by atoms with van der Waals surface area (Å²) < 4.78 is 0. The van der Waals surface area contributed by atoms with Gasteiger partial charge in [0.25, 0.3) is 5.24 Å². The lowest BCUT2D eigenvalue weighted by molar-refractivity contribution is 0.108. The molecule has 0 unspecified atom stereocenters. The Labute approximate surface area is 192 Å². The van der Waals surface area contributed by atoms with Crippen molar-refractivity contribution < 1.29 is 4.79 Å². The van der Waals surface area contributed by atoms with Crippen molar-refractivity contribution in [2.75, 3.05) is 0 Å². The molecule has 3 aromatic rings. The summed E-state index contributed by atoms with van der Waals surface area (Å²) in [6, 6.07) is 25.9.